The van der Waals surface area contributed by atoms with Crippen molar-refractivity contribution in [2.24, 2.45) is 11.8 Å². The molecule has 2 heterocycles. The molecule has 3 amide bonds. The van der Waals surface area contributed by atoms with Gasteiger partial charge in [-0.1, -0.05) is 40.2 Å². The first-order valence-corrected chi connectivity index (χ1v) is 16.4. The normalized spacial score (nSPS) is 23.9. The van der Waals surface area contributed by atoms with Crippen LogP contribution in [-0.2, 0) is 23.9 Å². The summed E-state index contributed by atoms with van der Waals surface area (Å²) >= 11 is 0. The number of carbonyl (C=O) groups excluding carboxylic acids is 4. The zero-order chi connectivity index (χ0) is 31.1. The topological polar surface area (TPSA) is 99.3 Å². The van der Waals surface area contributed by atoms with E-state index in [0.29, 0.717) is 18.5 Å². The van der Waals surface area contributed by atoms with Gasteiger partial charge in [-0.05, 0) is 90.5 Å². The molecule has 0 aromatic heterocycles. The quantitative estimate of drug-likeness (QED) is 0.286. The van der Waals surface area contributed by atoms with E-state index in [0.717, 1.165) is 57.9 Å². The summed E-state index contributed by atoms with van der Waals surface area (Å²) in [5.41, 5.74) is 0.508. The van der Waals surface area contributed by atoms with Gasteiger partial charge in [-0.3, -0.25) is 19.3 Å². The van der Waals surface area contributed by atoms with Crippen LogP contribution in [0.3, 0.4) is 0 Å². The number of likely N-dealkylation sites (N-methyl/N-ethyl adjacent to an activating group) is 1. The Bertz CT molecular complexity index is 987. The van der Waals surface area contributed by atoms with Crippen LogP contribution in [-0.4, -0.2) is 94.8 Å². The summed E-state index contributed by atoms with van der Waals surface area (Å²) in [5, 5.41) is 3.10. The second-order valence-electron chi connectivity index (χ2n) is 13.6. The third-order valence-electron chi connectivity index (χ3n) is 9.35. The monoisotopic (exact) mass is 588 g/mol. The van der Waals surface area contributed by atoms with Crippen molar-refractivity contribution in [2.75, 3.05) is 20.1 Å². The van der Waals surface area contributed by atoms with Crippen LogP contribution < -0.4 is 5.32 Å². The molecule has 3 aliphatic rings. The summed E-state index contributed by atoms with van der Waals surface area (Å²) in [6.45, 7) is 15.3. The van der Waals surface area contributed by atoms with Gasteiger partial charge in [0, 0.05) is 25.2 Å². The number of carbonyl (C=O) groups is 4. The van der Waals surface area contributed by atoms with Crippen molar-refractivity contribution in [1.29, 1.82) is 0 Å². The summed E-state index contributed by atoms with van der Waals surface area (Å²) in [7, 11) is 1.75. The zero-order valence-electron chi connectivity index (χ0n) is 27.4. The highest BCUT2D eigenvalue weighted by Gasteiger charge is 2.39. The lowest BCUT2D eigenvalue weighted by Gasteiger charge is -2.39. The highest BCUT2D eigenvalue weighted by molar-refractivity contribution is 5.96. The smallest absolute Gasteiger partial charge is 0.329 e. The molecule has 42 heavy (non-hydrogen) atoms. The molecule has 0 aromatic rings. The van der Waals surface area contributed by atoms with Crippen LogP contribution >= 0.6 is 0 Å². The van der Waals surface area contributed by atoms with Crippen molar-refractivity contribution in [2.45, 2.75) is 143 Å². The molecule has 0 spiro atoms. The lowest BCUT2D eigenvalue weighted by Crippen LogP contribution is -2.58. The van der Waals surface area contributed by atoms with E-state index in [9.17, 15) is 19.2 Å². The van der Waals surface area contributed by atoms with Crippen molar-refractivity contribution >= 4 is 23.7 Å². The van der Waals surface area contributed by atoms with Gasteiger partial charge in [0.05, 0.1) is 12.1 Å². The lowest BCUT2D eigenvalue weighted by molar-refractivity contribution is -0.157. The summed E-state index contributed by atoms with van der Waals surface area (Å²) < 4.78 is 5.75. The van der Waals surface area contributed by atoms with E-state index in [2.05, 4.69) is 24.1 Å². The molecule has 0 bridgehead atoms. The first-order chi connectivity index (χ1) is 19.8. The third-order valence-corrected chi connectivity index (χ3v) is 9.35. The number of nitrogens with zero attached hydrogens (tertiary/aromatic N) is 3. The van der Waals surface area contributed by atoms with Gasteiger partial charge < -0.3 is 19.9 Å². The maximum Gasteiger partial charge on any atom is 0.329 e. The predicted molar refractivity (Wildman–Crippen MR) is 164 cm³/mol. The Morgan fingerprint density at radius 2 is 1.45 bits per heavy atom. The van der Waals surface area contributed by atoms with E-state index in [4.69, 9.17) is 4.74 Å². The van der Waals surface area contributed by atoms with Crippen LogP contribution in [0, 0.1) is 11.8 Å². The number of nitrogens with one attached hydrogen (secondary N) is 1. The van der Waals surface area contributed by atoms with Gasteiger partial charge in [-0.25, -0.2) is 4.79 Å². The Kier molecular flexibility index (Phi) is 12.5. The standard InChI is InChI=1S/C33H56N4O5/c1-21(2)28(20-24(7)31(39)37-19-13-17-27(37)33(41)42-25-14-9-10-15-25)35(8)32(40)29(22(3)4)34-30(38)26-16-11-12-18-36(26)23(5)6/h20-23,25-29H,9-19H2,1-8H3,(H,34,38)/b24-20+/t26?,27?,28-,29+/m1/s1. The number of esters is 1. The van der Waals surface area contributed by atoms with Gasteiger partial charge in [0.15, 0.2) is 0 Å². The molecular formula is C33H56N4O5. The minimum absolute atomic E-state index is 0.0293. The molecule has 2 aliphatic heterocycles. The largest absolute Gasteiger partial charge is 0.461 e. The molecular weight excluding hydrogens is 532 g/mol. The average Bonchev–Trinajstić information content (AvgIpc) is 3.65. The molecule has 2 unspecified atom stereocenters. The van der Waals surface area contributed by atoms with Gasteiger partial charge >= 0.3 is 5.97 Å². The Balaban J connectivity index is 1.72. The van der Waals surface area contributed by atoms with Gasteiger partial charge in [-0.15, -0.1) is 0 Å². The van der Waals surface area contributed by atoms with Crippen molar-refractivity contribution in [3.05, 3.63) is 11.6 Å². The maximum atomic E-state index is 13.9. The lowest BCUT2D eigenvalue weighted by atomic mass is 9.95. The summed E-state index contributed by atoms with van der Waals surface area (Å²) in [6, 6.07) is -1.55. The molecule has 2 saturated heterocycles. The Labute approximate surface area is 253 Å². The van der Waals surface area contributed by atoms with Gasteiger partial charge in [0.1, 0.15) is 18.2 Å². The molecule has 3 rings (SSSR count). The molecule has 0 radical (unpaired) electrons. The van der Waals surface area contributed by atoms with Gasteiger partial charge in [0.25, 0.3) is 0 Å². The molecule has 1 saturated carbocycles. The second kappa shape index (κ2) is 15.3. The molecule has 4 atom stereocenters. The van der Waals surface area contributed by atoms with Crippen molar-refractivity contribution in [3.63, 3.8) is 0 Å². The Morgan fingerprint density at radius 3 is 2.05 bits per heavy atom. The molecule has 238 valence electrons. The number of likely N-dealkylation sites (tertiary alicyclic amines) is 2. The second-order valence-corrected chi connectivity index (χ2v) is 13.6. The fraction of sp³-hybridized carbons (Fsp3) is 0.818. The van der Waals surface area contributed by atoms with E-state index >= 15 is 0 Å². The Morgan fingerprint density at radius 1 is 0.833 bits per heavy atom. The van der Waals surface area contributed by atoms with E-state index < -0.39 is 12.1 Å². The fourth-order valence-corrected chi connectivity index (χ4v) is 6.79. The summed E-state index contributed by atoms with van der Waals surface area (Å²) in [5.74, 6) is -0.807. The Hall–Kier alpha value is -2.42. The predicted octanol–water partition coefficient (Wildman–Crippen LogP) is 4.30. The number of hydrogen-bond donors (Lipinski definition) is 1. The van der Waals surface area contributed by atoms with E-state index in [1.165, 1.54) is 0 Å². The minimum Gasteiger partial charge on any atom is -0.461 e. The molecule has 1 N–H and O–H groups in total. The van der Waals surface area contributed by atoms with E-state index in [1.807, 2.05) is 33.8 Å². The van der Waals surface area contributed by atoms with Crippen LogP contribution in [0.1, 0.15) is 106 Å². The number of hydrogen-bond acceptors (Lipinski definition) is 6. The van der Waals surface area contributed by atoms with Crippen LogP contribution in [0.5, 0.6) is 0 Å². The number of ether oxygens (including phenoxy) is 1. The van der Waals surface area contributed by atoms with Crippen molar-refractivity contribution < 1.29 is 23.9 Å². The number of amides is 3. The molecule has 1 aliphatic carbocycles. The minimum atomic E-state index is -0.669. The van der Waals surface area contributed by atoms with Gasteiger partial charge in [0.2, 0.25) is 17.7 Å². The average molecular weight is 589 g/mol. The highest BCUT2D eigenvalue weighted by Crippen LogP contribution is 2.27. The number of rotatable bonds is 11. The number of piperidine rings is 1. The highest BCUT2D eigenvalue weighted by atomic mass is 16.5. The van der Waals surface area contributed by atoms with Crippen molar-refractivity contribution in [3.8, 4) is 0 Å². The summed E-state index contributed by atoms with van der Waals surface area (Å²) in [6.07, 6.45) is 10.0. The fourth-order valence-electron chi connectivity index (χ4n) is 6.79. The van der Waals surface area contributed by atoms with E-state index in [-0.39, 0.29) is 59.8 Å². The SMILES string of the molecule is C/C(=C\[C@H](C(C)C)N(C)C(=O)[C@@H](NC(=O)C1CCCCN1C(C)C)C(C)C)C(=O)N1CCCC1C(=O)OC1CCCC1. The van der Waals surface area contributed by atoms with Crippen LogP contribution in [0.2, 0.25) is 0 Å². The maximum absolute atomic E-state index is 13.9. The molecule has 0 aromatic carbocycles. The third kappa shape index (κ3) is 8.35. The van der Waals surface area contributed by atoms with Gasteiger partial charge in [-0.2, -0.15) is 0 Å². The molecule has 3 fully saturated rings. The molecule has 9 nitrogen and oxygen atoms in total. The van der Waals surface area contributed by atoms with E-state index in [1.54, 1.807) is 23.8 Å². The molecule has 9 heteroatoms. The van der Waals surface area contributed by atoms with Crippen molar-refractivity contribution in [1.82, 2.24) is 20.0 Å². The summed E-state index contributed by atoms with van der Waals surface area (Å²) in [4.78, 5) is 59.4. The first-order valence-electron chi connectivity index (χ1n) is 16.4. The van der Waals surface area contributed by atoms with Crippen LogP contribution in [0.25, 0.3) is 0 Å². The van der Waals surface area contributed by atoms with Crippen LogP contribution in [0.4, 0.5) is 0 Å². The first kappa shape index (κ1) is 34.1. The zero-order valence-corrected chi connectivity index (χ0v) is 27.4. The van der Waals surface area contributed by atoms with Crippen LogP contribution in [0.15, 0.2) is 11.6 Å².